The van der Waals surface area contributed by atoms with Crippen LogP contribution < -0.4 is 10.1 Å². The minimum Gasteiger partial charge on any atom is -0.435 e. The molecule has 1 aromatic heterocycles. The molecule has 6 heteroatoms. The molecular formula is C13H15F2N3O. The van der Waals surface area contributed by atoms with Gasteiger partial charge in [-0.3, -0.25) is 4.68 Å². The second kappa shape index (κ2) is 5.69. The Balaban J connectivity index is 2.01. The predicted octanol–water partition coefficient (Wildman–Crippen LogP) is 3.19. The summed E-state index contributed by atoms with van der Waals surface area (Å²) < 4.78 is 30.1. The van der Waals surface area contributed by atoms with Gasteiger partial charge in [0, 0.05) is 18.9 Å². The molecule has 1 heterocycles. The summed E-state index contributed by atoms with van der Waals surface area (Å²) in [6.07, 6.45) is 1.73. The zero-order chi connectivity index (χ0) is 13.8. The predicted molar refractivity (Wildman–Crippen MR) is 68.3 cm³/mol. The van der Waals surface area contributed by atoms with Gasteiger partial charge in [0.2, 0.25) is 0 Å². The minimum atomic E-state index is -2.80. The van der Waals surface area contributed by atoms with Gasteiger partial charge in [-0.1, -0.05) is 0 Å². The highest BCUT2D eigenvalue weighted by molar-refractivity contribution is 5.47. The van der Waals surface area contributed by atoms with Gasteiger partial charge in [-0.15, -0.1) is 0 Å². The van der Waals surface area contributed by atoms with Gasteiger partial charge in [-0.2, -0.15) is 13.9 Å². The molecule has 0 spiro atoms. The molecule has 1 unspecified atom stereocenters. The summed E-state index contributed by atoms with van der Waals surface area (Å²) in [5.41, 5.74) is 1.86. The van der Waals surface area contributed by atoms with Crippen molar-refractivity contribution in [2.45, 2.75) is 19.6 Å². The Morgan fingerprint density at radius 2 is 1.89 bits per heavy atom. The van der Waals surface area contributed by atoms with E-state index < -0.39 is 6.61 Å². The normalized spacial score (nSPS) is 12.5. The molecule has 0 aliphatic heterocycles. The van der Waals surface area contributed by atoms with Crippen molar-refractivity contribution in [3.63, 3.8) is 0 Å². The molecule has 0 aliphatic carbocycles. The molecule has 0 aliphatic rings. The zero-order valence-electron chi connectivity index (χ0n) is 10.7. The molecule has 0 amide bonds. The highest BCUT2D eigenvalue weighted by Crippen LogP contribution is 2.22. The number of nitrogens with zero attached hydrogens (tertiary/aromatic N) is 2. The molecule has 0 radical (unpaired) electrons. The number of alkyl halides is 2. The van der Waals surface area contributed by atoms with E-state index in [1.807, 2.05) is 20.0 Å². The molecule has 1 aromatic carbocycles. The van der Waals surface area contributed by atoms with E-state index >= 15 is 0 Å². The molecule has 0 bridgehead atoms. The summed E-state index contributed by atoms with van der Waals surface area (Å²) in [5, 5.41) is 7.36. The molecule has 19 heavy (non-hydrogen) atoms. The summed E-state index contributed by atoms with van der Waals surface area (Å²) in [6, 6.07) is 8.39. The van der Waals surface area contributed by atoms with Crippen molar-refractivity contribution < 1.29 is 13.5 Å². The standard InChI is InChI=1S/C13H15F2N3O/c1-9(12-7-8-16-18(12)2)17-10-3-5-11(6-4-10)19-13(14)15/h3-9,13,17H,1-2H3. The maximum absolute atomic E-state index is 12.0. The number of hydrogen-bond acceptors (Lipinski definition) is 3. The monoisotopic (exact) mass is 267 g/mol. The largest absolute Gasteiger partial charge is 0.435 e. The van der Waals surface area contributed by atoms with Crippen molar-refractivity contribution in [1.29, 1.82) is 0 Å². The van der Waals surface area contributed by atoms with Gasteiger partial charge in [-0.25, -0.2) is 0 Å². The van der Waals surface area contributed by atoms with Crippen LogP contribution in [0.25, 0.3) is 0 Å². The Hall–Kier alpha value is -2.11. The first kappa shape index (κ1) is 13.3. The van der Waals surface area contributed by atoms with Gasteiger partial charge in [0.1, 0.15) is 5.75 Å². The third-order valence-electron chi connectivity index (χ3n) is 2.77. The Morgan fingerprint density at radius 1 is 1.21 bits per heavy atom. The smallest absolute Gasteiger partial charge is 0.387 e. The van der Waals surface area contributed by atoms with E-state index in [-0.39, 0.29) is 11.8 Å². The molecular weight excluding hydrogens is 252 g/mol. The van der Waals surface area contributed by atoms with Crippen LogP contribution >= 0.6 is 0 Å². The lowest BCUT2D eigenvalue weighted by Gasteiger charge is -2.16. The number of aromatic nitrogens is 2. The Morgan fingerprint density at radius 3 is 2.42 bits per heavy atom. The van der Waals surface area contributed by atoms with Crippen LogP contribution in [0.2, 0.25) is 0 Å². The van der Waals surface area contributed by atoms with Crippen molar-refractivity contribution >= 4 is 5.69 Å². The average Bonchev–Trinajstić information content (AvgIpc) is 2.77. The maximum atomic E-state index is 12.0. The maximum Gasteiger partial charge on any atom is 0.387 e. The Labute approximate surface area is 110 Å². The first-order valence-electron chi connectivity index (χ1n) is 5.85. The zero-order valence-corrected chi connectivity index (χ0v) is 10.7. The van der Waals surface area contributed by atoms with Gasteiger partial charge in [-0.05, 0) is 37.3 Å². The lowest BCUT2D eigenvalue weighted by Crippen LogP contribution is -2.11. The number of benzene rings is 1. The van der Waals surface area contributed by atoms with Gasteiger partial charge in [0.05, 0.1) is 11.7 Å². The topological polar surface area (TPSA) is 39.1 Å². The first-order chi connectivity index (χ1) is 9.06. The van der Waals surface area contributed by atoms with Crippen LogP contribution in [0.5, 0.6) is 5.75 Å². The van der Waals surface area contributed by atoms with E-state index in [0.29, 0.717) is 0 Å². The van der Waals surface area contributed by atoms with Gasteiger partial charge in [0.25, 0.3) is 0 Å². The number of hydrogen-bond donors (Lipinski definition) is 1. The summed E-state index contributed by atoms with van der Waals surface area (Å²) >= 11 is 0. The molecule has 102 valence electrons. The van der Waals surface area contributed by atoms with E-state index in [1.54, 1.807) is 23.0 Å². The van der Waals surface area contributed by atoms with E-state index in [1.165, 1.54) is 12.1 Å². The van der Waals surface area contributed by atoms with Crippen LogP contribution in [-0.2, 0) is 7.05 Å². The Bertz CT molecular complexity index is 525. The van der Waals surface area contributed by atoms with Gasteiger partial charge in [0.15, 0.2) is 0 Å². The number of rotatable bonds is 5. The van der Waals surface area contributed by atoms with Crippen molar-refractivity contribution in [3.05, 3.63) is 42.2 Å². The number of nitrogens with one attached hydrogen (secondary N) is 1. The fourth-order valence-electron chi connectivity index (χ4n) is 1.87. The highest BCUT2D eigenvalue weighted by Gasteiger charge is 2.09. The SMILES string of the molecule is CC(Nc1ccc(OC(F)F)cc1)c1ccnn1C. The lowest BCUT2D eigenvalue weighted by molar-refractivity contribution is -0.0498. The summed E-state index contributed by atoms with van der Waals surface area (Å²) in [7, 11) is 1.87. The van der Waals surface area contributed by atoms with E-state index in [4.69, 9.17) is 0 Å². The third-order valence-corrected chi connectivity index (χ3v) is 2.77. The van der Waals surface area contributed by atoms with Crippen LogP contribution in [0.4, 0.5) is 14.5 Å². The van der Waals surface area contributed by atoms with E-state index in [0.717, 1.165) is 11.4 Å². The van der Waals surface area contributed by atoms with Crippen molar-refractivity contribution in [3.8, 4) is 5.75 Å². The molecule has 0 saturated carbocycles. The number of ether oxygens (including phenoxy) is 1. The fourth-order valence-corrected chi connectivity index (χ4v) is 1.87. The van der Waals surface area contributed by atoms with E-state index in [2.05, 4.69) is 15.2 Å². The summed E-state index contributed by atoms with van der Waals surface area (Å²) in [4.78, 5) is 0. The quantitative estimate of drug-likeness (QED) is 0.904. The van der Waals surface area contributed by atoms with Crippen LogP contribution in [0.15, 0.2) is 36.5 Å². The van der Waals surface area contributed by atoms with Crippen molar-refractivity contribution in [1.82, 2.24) is 9.78 Å². The minimum absolute atomic E-state index is 0.0642. The number of aryl methyl sites for hydroxylation is 1. The van der Waals surface area contributed by atoms with E-state index in [9.17, 15) is 8.78 Å². The number of anilines is 1. The molecule has 1 atom stereocenters. The van der Waals surface area contributed by atoms with Crippen molar-refractivity contribution in [2.75, 3.05) is 5.32 Å². The summed E-state index contributed by atoms with van der Waals surface area (Å²) in [5.74, 6) is 0.147. The van der Waals surface area contributed by atoms with Gasteiger partial charge < -0.3 is 10.1 Å². The highest BCUT2D eigenvalue weighted by atomic mass is 19.3. The van der Waals surface area contributed by atoms with Gasteiger partial charge >= 0.3 is 6.61 Å². The second-order valence-electron chi connectivity index (χ2n) is 4.15. The Kier molecular flexibility index (Phi) is 3.99. The third kappa shape index (κ3) is 3.43. The molecule has 2 aromatic rings. The van der Waals surface area contributed by atoms with Crippen LogP contribution in [0.1, 0.15) is 18.7 Å². The second-order valence-corrected chi connectivity index (χ2v) is 4.15. The molecule has 0 saturated heterocycles. The molecule has 0 fully saturated rings. The fraction of sp³-hybridized carbons (Fsp3) is 0.308. The van der Waals surface area contributed by atoms with Crippen molar-refractivity contribution in [2.24, 2.45) is 7.05 Å². The number of halogens is 2. The lowest BCUT2D eigenvalue weighted by atomic mass is 10.2. The summed E-state index contributed by atoms with van der Waals surface area (Å²) in [6.45, 7) is -0.798. The van der Waals surface area contributed by atoms with Crippen LogP contribution in [0.3, 0.4) is 0 Å². The molecule has 2 rings (SSSR count). The van der Waals surface area contributed by atoms with Crippen LogP contribution in [-0.4, -0.2) is 16.4 Å². The molecule has 4 nitrogen and oxygen atoms in total. The molecule has 1 N–H and O–H groups in total. The van der Waals surface area contributed by atoms with Crippen LogP contribution in [0, 0.1) is 0 Å². The first-order valence-corrected chi connectivity index (χ1v) is 5.85. The average molecular weight is 267 g/mol.